The molecule has 1 aromatic rings. The number of benzene rings is 1. The molecule has 1 unspecified atom stereocenters. The van der Waals surface area contributed by atoms with E-state index in [1.165, 1.54) is 42.4 Å². The Morgan fingerprint density at radius 3 is 2.20 bits per heavy atom. The van der Waals surface area contributed by atoms with Crippen LogP contribution in [0, 0.1) is 0 Å². The molecule has 1 aliphatic heterocycles. The molecule has 0 radical (unpaired) electrons. The van der Waals surface area contributed by atoms with Crippen molar-refractivity contribution in [1.82, 2.24) is 0 Å². The van der Waals surface area contributed by atoms with Crippen molar-refractivity contribution >= 4 is 0 Å². The molecule has 15 heavy (non-hydrogen) atoms. The number of nitrogens with zero attached hydrogens (tertiary/aromatic N) is 1. The summed E-state index contributed by atoms with van der Waals surface area (Å²) in [5, 5.41) is 0. The molecule has 1 nitrogen and oxygen atoms in total. The SMILES string of the molecule is CC(c1ccccc1)[N+]1(C)CCCCC1. The van der Waals surface area contributed by atoms with Crippen molar-refractivity contribution in [2.75, 3.05) is 20.1 Å². The first-order chi connectivity index (χ1) is 7.22. The molecule has 1 aromatic carbocycles. The lowest BCUT2D eigenvalue weighted by atomic mass is 10.00. The highest BCUT2D eigenvalue weighted by Gasteiger charge is 2.31. The number of hydrogen-bond donors (Lipinski definition) is 0. The van der Waals surface area contributed by atoms with E-state index >= 15 is 0 Å². The monoisotopic (exact) mass is 204 g/mol. The zero-order valence-corrected chi connectivity index (χ0v) is 9.95. The summed E-state index contributed by atoms with van der Waals surface area (Å²) >= 11 is 0. The van der Waals surface area contributed by atoms with Crippen LogP contribution in [0.3, 0.4) is 0 Å². The Hall–Kier alpha value is -0.820. The summed E-state index contributed by atoms with van der Waals surface area (Å²) in [4.78, 5) is 0. The highest BCUT2D eigenvalue weighted by atomic mass is 15.4. The molecular formula is C14H22N+. The largest absolute Gasteiger partial charge is 0.320 e. The van der Waals surface area contributed by atoms with Crippen molar-refractivity contribution in [3.8, 4) is 0 Å². The van der Waals surface area contributed by atoms with Crippen LogP contribution in [0.4, 0.5) is 0 Å². The third kappa shape index (κ3) is 2.23. The maximum atomic E-state index is 2.41. The fourth-order valence-electron chi connectivity index (χ4n) is 2.71. The maximum Gasteiger partial charge on any atom is 0.112 e. The van der Waals surface area contributed by atoms with Gasteiger partial charge >= 0.3 is 0 Å². The van der Waals surface area contributed by atoms with E-state index in [0.29, 0.717) is 6.04 Å². The smallest absolute Gasteiger partial charge is 0.112 e. The molecular weight excluding hydrogens is 182 g/mol. The average molecular weight is 204 g/mol. The first-order valence-corrected chi connectivity index (χ1v) is 6.11. The summed E-state index contributed by atoms with van der Waals surface area (Å²) in [6, 6.07) is 11.6. The predicted molar refractivity (Wildman–Crippen MR) is 64.6 cm³/mol. The molecule has 0 saturated carbocycles. The minimum Gasteiger partial charge on any atom is -0.320 e. The van der Waals surface area contributed by atoms with Gasteiger partial charge in [-0.25, -0.2) is 0 Å². The Morgan fingerprint density at radius 1 is 1.00 bits per heavy atom. The van der Waals surface area contributed by atoms with Crippen molar-refractivity contribution in [3.63, 3.8) is 0 Å². The summed E-state index contributed by atoms with van der Waals surface area (Å²) in [7, 11) is 2.41. The van der Waals surface area contributed by atoms with Crippen molar-refractivity contribution in [3.05, 3.63) is 35.9 Å². The molecule has 1 heteroatoms. The molecule has 0 amide bonds. The summed E-state index contributed by atoms with van der Waals surface area (Å²) in [6.45, 7) is 5.06. The first kappa shape index (κ1) is 10.7. The Labute approximate surface area is 93.3 Å². The van der Waals surface area contributed by atoms with Crippen LogP contribution in [-0.2, 0) is 0 Å². The van der Waals surface area contributed by atoms with Gasteiger partial charge in [0.15, 0.2) is 0 Å². The van der Waals surface area contributed by atoms with Gasteiger partial charge in [-0.05, 0) is 26.2 Å². The quantitative estimate of drug-likeness (QED) is 0.648. The summed E-state index contributed by atoms with van der Waals surface area (Å²) < 4.78 is 1.23. The Morgan fingerprint density at radius 2 is 1.60 bits per heavy atom. The molecule has 1 heterocycles. The molecule has 1 saturated heterocycles. The van der Waals surface area contributed by atoms with Crippen molar-refractivity contribution in [1.29, 1.82) is 0 Å². The van der Waals surface area contributed by atoms with Gasteiger partial charge in [0.05, 0.1) is 20.1 Å². The summed E-state index contributed by atoms with van der Waals surface area (Å²) in [6.07, 6.45) is 4.22. The lowest BCUT2D eigenvalue weighted by molar-refractivity contribution is -0.941. The predicted octanol–water partition coefficient (Wildman–Crippen LogP) is 3.38. The lowest BCUT2D eigenvalue weighted by Crippen LogP contribution is -2.49. The first-order valence-electron chi connectivity index (χ1n) is 6.11. The van der Waals surface area contributed by atoms with Gasteiger partial charge in [-0.1, -0.05) is 30.3 Å². The van der Waals surface area contributed by atoms with Crippen molar-refractivity contribution in [2.45, 2.75) is 32.2 Å². The maximum absolute atomic E-state index is 2.41. The fraction of sp³-hybridized carbons (Fsp3) is 0.571. The molecule has 0 bridgehead atoms. The number of hydrogen-bond acceptors (Lipinski definition) is 0. The van der Waals surface area contributed by atoms with Crippen LogP contribution in [0.25, 0.3) is 0 Å². The van der Waals surface area contributed by atoms with Crippen LogP contribution < -0.4 is 0 Å². The zero-order valence-electron chi connectivity index (χ0n) is 9.95. The Kier molecular flexibility index (Phi) is 3.11. The fourth-order valence-corrected chi connectivity index (χ4v) is 2.71. The number of rotatable bonds is 2. The molecule has 0 spiro atoms. The van der Waals surface area contributed by atoms with Crippen molar-refractivity contribution in [2.24, 2.45) is 0 Å². The normalized spacial score (nSPS) is 22.3. The topological polar surface area (TPSA) is 0 Å². The molecule has 0 aliphatic carbocycles. The molecule has 1 atom stereocenters. The molecule has 1 fully saturated rings. The molecule has 1 aliphatic rings. The highest BCUT2D eigenvalue weighted by molar-refractivity contribution is 5.16. The molecule has 2 rings (SSSR count). The second-order valence-electron chi connectivity index (χ2n) is 5.07. The third-order valence-electron chi connectivity index (χ3n) is 4.05. The van der Waals surface area contributed by atoms with E-state index in [9.17, 15) is 0 Å². The van der Waals surface area contributed by atoms with Gasteiger partial charge in [0.1, 0.15) is 6.04 Å². The van der Waals surface area contributed by atoms with Gasteiger partial charge in [0.25, 0.3) is 0 Å². The van der Waals surface area contributed by atoms with E-state index < -0.39 is 0 Å². The van der Waals surface area contributed by atoms with Gasteiger partial charge in [-0.3, -0.25) is 0 Å². The minimum absolute atomic E-state index is 0.645. The highest BCUT2D eigenvalue weighted by Crippen LogP contribution is 2.30. The van der Waals surface area contributed by atoms with Gasteiger partial charge < -0.3 is 4.48 Å². The van der Waals surface area contributed by atoms with E-state index in [4.69, 9.17) is 0 Å². The molecule has 0 aromatic heterocycles. The summed E-state index contributed by atoms with van der Waals surface area (Å²) in [5.74, 6) is 0. The van der Waals surface area contributed by atoms with E-state index in [0.717, 1.165) is 0 Å². The van der Waals surface area contributed by atoms with E-state index in [1.54, 1.807) is 0 Å². The Bertz CT molecular complexity index is 298. The average Bonchev–Trinajstić information content (AvgIpc) is 2.30. The Balaban J connectivity index is 2.16. The van der Waals surface area contributed by atoms with E-state index in [2.05, 4.69) is 44.3 Å². The lowest BCUT2D eigenvalue weighted by Gasteiger charge is -2.43. The summed E-state index contributed by atoms with van der Waals surface area (Å²) in [5.41, 5.74) is 1.49. The second-order valence-corrected chi connectivity index (χ2v) is 5.07. The van der Waals surface area contributed by atoms with Crippen LogP contribution in [-0.4, -0.2) is 24.6 Å². The molecule has 0 N–H and O–H groups in total. The second kappa shape index (κ2) is 4.36. The third-order valence-corrected chi connectivity index (χ3v) is 4.05. The molecule has 82 valence electrons. The minimum atomic E-state index is 0.645. The standard InChI is InChI=1S/C14H22N/c1-13(14-9-5-3-6-10-14)15(2)11-7-4-8-12-15/h3,5-6,9-10,13H,4,7-8,11-12H2,1-2H3/q+1. The van der Waals surface area contributed by atoms with Crippen LogP contribution >= 0.6 is 0 Å². The number of likely N-dealkylation sites (tertiary alicyclic amines) is 1. The van der Waals surface area contributed by atoms with Crippen LogP contribution in [0.1, 0.15) is 37.8 Å². The van der Waals surface area contributed by atoms with Crippen LogP contribution in [0.5, 0.6) is 0 Å². The number of piperidine rings is 1. The van der Waals surface area contributed by atoms with Gasteiger partial charge in [0, 0.05) is 5.56 Å². The zero-order chi connectivity index (χ0) is 10.7. The van der Waals surface area contributed by atoms with Gasteiger partial charge in [-0.15, -0.1) is 0 Å². The van der Waals surface area contributed by atoms with Crippen LogP contribution in [0.2, 0.25) is 0 Å². The van der Waals surface area contributed by atoms with Gasteiger partial charge in [-0.2, -0.15) is 0 Å². The van der Waals surface area contributed by atoms with E-state index in [-0.39, 0.29) is 0 Å². The van der Waals surface area contributed by atoms with Gasteiger partial charge in [0.2, 0.25) is 0 Å². The van der Waals surface area contributed by atoms with Crippen LogP contribution in [0.15, 0.2) is 30.3 Å². The van der Waals surface area contributed by atoms with E-state index in [1.807, 2.05) is 0 Å². The van der Waals surface area contributed by atoms with Crippen molar-refractivity contribution < 1.29 is 4.48 Å². The number of quaternary nitrogens is 1.